The van der Waals surface area contributed by atoms with Gasteiger partial charge in [-0.2, -0.15) is 0 Å². The Balaban J connectivity index is 2.54. The SMILES string of the molecule is Cc1ccc(-n2cc(O)[nH]c2=S)cc1. The summed E-state index contributed by atoms with van der Waals surface area (Å²) in [5.41, 5.74) is 2.14. The van der Waals surface area contributed by atoms with Gasteiger partial charge in [-0.15, -0.1) is 0 Å². The van der Waals surface area contributed by atoms with Crippen molar-refractivity contribution >= 4 is 12.2 Å². The average molecular weight is 206 g/mol. The third-order valence-corrected chi connectivity index (χ3v) is 2.32. The number of H-pyrrole nitrogens is 1. The zero-order chi connectivity index (χ0) is 10.1. The minimum atomic E-state index is 0.0792. The Labute approximate surface area is 86.6 Å². The Morgan fingerprint density at radius 3 is 2.43 bits per heavy atom. The van der Waals surface area contributed by atoms with E-state index in [1.54, 1.807) is 10.8 Å². The van der Waals surface area contributed by atoms with Gasteiger partial charge in [0.05, 0.1) is 6.20 Å². The first-order chi connectivity index (χ1) is 6.66. The van der Waals surface area contributed by atoms with E-state index in [-0.39, 0.29) is 5.88 Å². The van der Waals surface area contributed by atoms with Crippen LogP contribution in [0.3, 0.4) is 0 Å². The molecular formula is C10H10N2OS. The van der Waals surface area contributed by atoms with Crippen LogP contribution >= 0.6 is 12.2 Å². The molecule has 0 saturated heterocycles. The van der Waals surface area contributed by atoms with E-state index >= 15 is 0 Å². The molecule has 14 heavy (non-hydrogen) atoms. The van der Waals surface area contributed by atoms with Crippen molar-refractivity contribution in [3.05, 3.63) is 40.8 Å². The van der Waals surface area contributed by atoms with E-state index in [0.29, 0.717) is 4.77 Å². The quantitative estimate of drug-likeness (QED) is 0.704. The number of nitrogens with one attached hydrogen (secondary N) is 1. The summed E-state index contributed by atoms with van der Waals surface area (Å²) in [6, 6.07) is 7.92. The summed E-state index contributed by atoms with van der Waals surface area (Å²) in [6.07, 6.45) is 1.56. The third-order valence-electron chi connectivity index (χ3n) is 2.02. The zero-order valence-electron chi connectivity index (χ0n) is 7.69. The maximum absolute atomic E-state index is 9.21. The molecule has 0 aliphatic rings. The molecule has 0 aliphatic carbocycles. The maximum Gasteiger partial charge on any atom is 0.207 e. The van der Waals surface area contributed by atoms with Crippen molar-refractivity contribution in [1.82, 2.24) is 9.55 Å². The summed E-state index contributed by atoms with van der Waals surface area (Å²) in [5, 5.41) is 9.21. The number of aromatic nitrogens is 2. The van der Waals surface area contributed by atoms with E-state index in [9.17, 15) is 5.11 Å². The molecule has 0 spiro atoms. The predicted octanol–water partition coefficient (Wildman–Crippen LogP) is 2.55. The van der Waals surface area contributed by atoms with Crippen LogP contribution in [-0.2, 0) is 0 Å². The van der Waals surface area contributed by atoms with Gasteiger partial charge < -0.3 is 10.1 Å². The number of aryl methyl sites for hydroxylation is 1. The first-order valence-corrected chi connectivity index (χ1v) is 4.65. The topological polar surface area (TPSA) is 41.0 Å². The zero-order valence-corrected chi connectivity index (χ0v) is 8.51. The molecule has 1 aromatic carbocycles. The lowest BCUT2D eigenvalue weighted by Crippen LogP contribution is -1.91. The fourth-order valence-corrected chi connectivity index (χ4v) is 1.54. The van der Waals surface area contributed by atoms with Crippen LogP contribution in [0, 0.1) is 11.7 Å². The largest absolute Gasteiger partial charge is 0.493 e. The Kier molecular flexibility index (Phi) is 2.13. The summed E-state index contributed by atoms with van der Waals surface area (Å²) in [4.78, 5) is 2.65. The molecule has 72 valence electrons. The van der Waals surface area contributed by atoms with Gasteiger partial charge in [-0.05, 0) is 31.3 Å². The molecular weight excluding hydrogens is 196 g/mol. The summed E-state index contributed by atoms with van der Waals surface area (Å²) in [5.74, 6) is 0.0792. The number of hydrogen-bond donors (Lipinski definition) is 2. The molecule has 4 heteroatoms. The van der Waals surface area contributed by atoms with Crippen molar-refractivity contribution in [1.29, 1.82) is 0 Å². The van der Waals surface area contributed by atoms with Crippen LogP contribution in [0.1, 0.15) is 5.56 Å². The lowest BCUT2D eigenvalue weighted by molar-refractivity contribution is 0.456. The second-order valence-electron chi connectivity index (χ2n) is 3.15. The number of aromatic hydroxyl groups is 1. The molecule has 0 amide bonds. The molecule has 1 heterocycles. The highest BCUT2D eigenvalue weighted by Crippen LogP contribution is 2.13. The highest BCUT2D eigenvalue weighted by molar-refractivity contribution is 7.71. The first kappa shape index (κ1) is 9.02. The number of hydrogen-bond acceptors (Lipinski definition) is 2. The van der Waals surface area contributed by atoms with Gasteiger partial charge in [-0.3, -0.25) is 4.57 Å². The Hall–Kier alpha value is -1.55. The van der Waals surface area contributed by atoms with Gasteiger partial charge >= 0.3 is 0 Å². The van der Waals surface area contributed by atoms with Crippen LogP contribution in [0.5, 0.6) is 5.88 Å². The van der Waals surface area contributed by atoms with Crippen LogP contribution in [-0.4, -0.2) is 14.7 Å². The van der Waals surface area contributed by atoms with Crippen molar-refractivity contribution in [2.75, 3.05) is 0 Å². The molecule has 0 saturated carbocycles. The Morgan fingerprint density at radius 2 is 1.93 bits per heavy atom. The normalized spacial score (nSPS) is 10.4. The number of nitrogens with zero attached hydrogens (tertiary/aromatic N) is 1. The van der Waals surface area contributed by atoms with Gasteiger partial charge in [0.2, 0.25) is 5.88 Å². The van der Waals surface area contributed by atoms with E-state index < -0.39 is 0 Å². The second kappa shape index (κ2) is 3.31. The van der Waals surface area contributed by atoms with Gasteiger partial charge in [0.25, 0.3) is 0 Å². The highest BCUT2D eigenvalue weighted by atomic mass is 32.1. The molecule has 3 nitrogen and oxygen atoms in total. The van der Waals surface area contributed by atoms with E-state index in [1.807, 2.05) is 31.2 Å². The van der Waals surface area contributed by atoms with Crippen LogP contribution < -0.4 is 0 Å². The van der Waals surface area contributed by atoms with E-state index in [0.717, 1.165) is 5.69 Å². The number of rotatable bonds is 1. The molecule has 0 aliphatic heterocycles. The Bertz CT molecular complexity index is 496. The fraction of sp³-hybridized carbons (Fsp3) is 0.100. The predicted molar refractivity (Wildman–Crippen MR) is 57.4 cm³/mol. The van der Waals surface area contributed by atoms with Crippen molar-refractivity contribution in [2.24, 2.45) is 0 Å². The van der Waals surface area contributed by atoms with Crippen molar-refractivity contribution in [3.63, 3.8) is 0 Å². The lowest BCUT2D eigenvalue weighted by Gasteiger charge is -2.01. The highest BCUT2D eigenvalue weighted by Gasteiger charge is 2.00. The minimum Gasteiger partial charge on any atom is -0.493 e. The lowest BCUT2D eigenvalue weighted by atomic mass is 10.2. The molecule has 0 radical (unpaired) electrons. The van der Waals surface area contributed by atoms with Crippen LogP contribution in [0.15, 0.2) is 30.5 Å². The molecule has 1 aromatic heterocycles. The first-order valence-electron chi connectivity index (χ1n) is 4.24. The van der Waals surface area contributed by atoms with Gasteiger partial charge in [-0.25, -0.2) is 0 Å². The second-order valence-corrected chi connectivity index (χ2v) is 3.54. The van der Waals surface area contributed by atoms with Crippen LogP contribution in [0.4, 0.5) is 0 Å². The maximum atomic E-state index is 9.21. The summed E-state index contributed by atoms with van der Waals surface area (Å²) >= 11 is 5.04. The average Bonchev–Trinajstić information content (AvgIpc) is 2.47. The Morgan fingerprint density at radius 1 is 1.29 bits per heavy atom. The molecule has 0 fully saturated rings. The smallest absolute Gasteiger partial charge is 0.207 e. The van der Waals surface area contributed by atoms with E-state index in [4.69, 9.17) is 12.2 Å². The number of benzene rings is 1. The molecule has 2 rings (SSSR count). The van der Waals surface area contributed by atoms with Crippen molar-refractivity contribution in [3.8, 4) is 11.6 Å². The van der Waals surface area contributed by atoms with Crippen molar-refractivity contribution in [2.45, 2.75) is 6.92 Å². The van der Waals surface area contributed by atoms with Crippen LogP contribution in [0.2, 0.25) is 0 Å². The monoisotopic (exact) mass is 206 g/mol. The van der Waals surface area contributed by atoms with Crippen molar-refractivity contribution < 1.29 is 5.11 Å². The molecule has 2 N–H and O–H groups in total. The van der Waals surface area contributed by atoms with Gasteiger partial charge in [-0.1, -0.05) is 17.7 Å². The van der Waals surface area contributed by atoms with Gasteiger partial charge in [0.1, 0.15) is 0 Å². The number of imidazole rings is 1. The van der Waals surface area contributed by atoms with E-state index in [1.165, 1.54) is 5.56 Å². The van der Waals surface area contributed by atoms with Gasteiger partial charge in [0.15, 0.2) is 4.77 Å². The third kappa shape index (κ3) is 1.56. The molecule has 0 bridgehead atoms. The summed E-state index contributed by atoms with van der Waals surface area (Å²) in [7, 11) is 0. The summed E-state index contributed by atoms with van der Waals surface area (Å²) < 4.78 is 2.22. The molecule has 0 atom stereocenters. The minimum absolute atomic E-state index is 0.0792. The van der Waals surface area contributed by atoms with Gasteiger partial charge in [0, 0.05) is 5.69 Å². The standard InChI is InChI=1S/C10H10N2OS/c1-7-2-4-8(5-3-7)12-6-9(13)11-10(12)14/h2-6,13H,1H3,(H,11,14). The fourth-order valence-electron chi connectivity index (χ4n) is 1.28. The summed E-state index contributed by atoms with van der Waals surface area (Å²) in [6.45, 7) is 2.03. The number of aromatic amines is 1. The molecule has 0 unspecified atom stereocenters. The van der Waals surface area contributed by atoms with Crippen LogP contribution in [0.25, 0.3) is 5.69 Å². The molecule has 2 aromatic rings. The van der Waals surface area contributed by atoms with E-state index in [2.05, 4.69) is 4.98 Å².